The predicted molar refractivity (Wildman–Crippen MR) is 47.0 cm³/mol. The van der Waals surface area contributed by atoms with E-state index >= 15 is 0 Å². The number of ether oxygens (including phenoxy) is 1. The molecule has 1 aromatic carbocycles. The maximum atomic E-state index is 10.9. The molecule has 0 saturated heterocycles. The largest absolute Gasteiger partial charge is 0.460 e. The van der Waals surface area contributed by atoms with Gasteiger partial charge in [0.15, 0.2) is 0 Å². The molecule has 0 radical (unpaired) electrons. The van der Waals surface area contributed by atoms with Crippen LogP contribution in [0.25, 0.3) is 0 Å². The third-order valence-corrected chi connectivity index (χ3v) is 2.80. The molecule has 1 aromatic rings. The second-order valence-electron chi connectivity index (χ2n) is 2.56. The highest BCUT2D eigenvalue weighted by Crippen LogP contribution is 2.25. The molecule has 2 nitrogen and oxygen atoms in total. The van der Waals surface area contributed by atoms with E-state index in [9.17, 15) is 4.79 Å². The zero-order valence-electron chi connectivity index (χ0n) is 6.45. The molecule has 1 aliphatic heterocycles. The Labute approximate surface area is 74.9 Å². The molecule has 3 heteroatoms. The van der Waals surface area contributed by atoms with Crippen molar-refractivity contribution in [1.82, 2.24) is 0 Å². The average molecular weight is 180 g/mol. The summed E-state index contributed by atoms with van der Waals surface area (Å²) in [4.78, 5) is 12.1. The van der Waals surface area contributed by atoms with Gasteiger partial charge in [-0.25, -0.2) is 0 Å². The molecule has 0 aromatic heterocycles. The van der Waals surface area contributed by atoms with Crippen molar-refractivity contribution >= 4 is 17.7 Å². The van der Waals surface area contributed by atoms with Crippen LogP contribution in [0.5, 0.6) is 0 Å². The van der Waals surface area contributed by atoms with E-state index in [1.54, 1.807) is 11.8 Å². The molecule has 12 heavy (non-hydrogen) atoms. The topological polar surface area (TPSA) is 26.3 Å². The molecule has 0 fully saturated rings. The quantitative estimate of drug-likeness (QED) is 0.570. The third kappa shape index (κ3) is 1.46. The summed E-state index contributed by atoms with van der Waals surface area (Å²) in [6.45, 7) is 0.419. The highest BCUT2D eigenvalue weighted by Gasteiger charge is 2.12. The molecule has 1 aliphatic rings. The van der Waals surface area contributed by atoms with E-state index in [-0.39, 0.29) is 5.97 Å². The maximum absolute atomic E-state index is 10.9. The van der Waals surface area contributed by atoms with Crippen molar-refractivity contribution in [2.75, 3.05) is 5.75 Å². The smallest absolute Gasteiger partial charge is 0.316 e. The summed E-state index contributed by atoms with van der Waals surface area (Å²) in [7, 11) is 0. The second-order valence-corrected chi connectivity index (χ2v) is 3.57. The van der Waals surface area contributed by atoms with Crippen LogP contribution in [0.3, 0.4) is 0 Å². The van der Waals surface area contributed by atoms with E-state index in [0.29, 0.717) is 12.4 Å². The molecule has 0 aliphatic carbocycles. The number of rotatable bonds is 0. The number of carbonyl (C=O) groups is 1. The van der Waals surface area contributed by atoms with Gasteiger partial charge in [-0.05, 0) is 6.07 Å². The Morgan fingerprint density at radius 3 is 3.08 bits per heavy atom. The minimum absolute atomic E-state index is 0.129. The monoisotopic (exact) mass is 180 g/mol. The summed E-state index contributed by atoms with van der Waals surface area (Å²) in [6.07, 6.45) is 0. The summed E-state index contributed by atoms with van der Waals surface area (Å²) in [5.41, 5.74) is 1.10. The van der Waals surface area contributed by atoms with Gasteiger partial charge in [0, 0.05) is 10.5 Å². The van der Waals surface area contributed by atoms with Gasteiger partial charge in [-0.1, -0.05) is 18.2 Å². The predicted octanol–water partition coefficient (Wildman–Crippen LogP) is 1.84. The summed E-state index contributed by atoms with van der Waals surface area (Å²) >= 11 is 1.54. The Morgan fingerprint density at radius 2 is 2.17 bits per heavy atom. The summed E-state index contributed by atoms with van der Waals surface area (Å²) in [5, 5.41) is 0. The van der Waals surface area contributed by atoms with Gasteiger partial charge in [0.1, 0.15) is 6.61 Å². The van der Waals surface area contributed by atoms with E-state index in [2.05, 4.69) is 0 Å². The van der Waals surface area contributed by atoms with E-state index in [1.165, 1.54) is 0 Å². The van der Waals surface area contributed by atoms with Crippen molar-refractivity contribution < 1.29 is 9.53 Å². The number of fused-ring (bicyclic) bond motifs is 1. The number of esters is 1. The van der Waals surface area contributed by atoms with Crippen LogP contribution in [0, 0.1) is 0 Å². The highest BCUT2D eigenvalue weighted by atomic mass is 32.2. The van der Waals surface area contributed by atoms with E-state index in [0.717, 1.165) is 10.5 Å². The fraction of sp³-hybridized carbons (Fsp3) is 0.222. The minimum atomic E-state index is -0.129. The number of carbonyl (C=O) groups excluding carboxylic acids is 1. The molecule has 0 amide bonds. The van der Waals surface area contributed by atoms with E-state index in [4.69, 9.17) is 4.74 Å². The summed E-state index contributed by atoms with van der Waals surface area (Å²) in [6, 6.07) is 7.93. The first kappa shape index (κ1) is 7.68. The molecule has 0 N–H and O–H groups in total. The first-order valence-electron chi connectivity index (χ1n) is 3.72. The number of cyclic esters (lactones) is 1. The van der Waals surface area contributed by atoms with Crippen LogP contribution < -0.4 is 0 Å². The van der Waals surface area contributed by atoms with Gasteiger partial charge < -0.3 is 4.74 Å². The first-order chi connectivity index (χ1) is 5.86. The second kappa shape index (κ2) is 3.19. The molecule has 0 atom stereocenters. The van der Waals surface area contributed by atoms with Crippen LogP contribution in [-0.4, -0.2) is 11.7 Å². The third-order valence-electron chi connectivity index (χ3n) is 1.71. The van der Waals surface area contributed by atoms with Gasteiger partial charge in [-0.2, -0.15) is 0 Å². The summed E-state index contributed by atoms with van der Waals surface area (Å²) < 4.78 is 4.97. The summed E-state index contributed by atoms with van der Waals surface area (Å²) in [5.74, 6) is 0.299. The van der Waals surface area contributed by atoms with Crippen LogP contribution in [0.15, 0.2) is 29.2 Å². The number of thioether (sulfide) groups is 1. The number of hydrogen-bond acceptors (Lipinski definition) is 3. The Balaban J connectivity index is 2.32. The van der Waals surface area contributed by atoms with Gasteiger partial charge >= 0.3 is 5.97 Å². The Bertz CT molecular complexity index is 280. The van der Waals surface area contributed by atoms with Crippen LogP contribution >= 0.6 is 11.8 Å². The Morgan fingerprint density at radius 1 is 1.33 bits per heavy atom. The number of benzene rings is 1. The normalized spacial score (nSPS) is 16.2. The van der Waals surface area contributed by atoms with Crippen molar-refractivity contribution in [3.05, 3.63) is 29.8 Å². The molecule has 0 unspecified atom stereocenters. The fourth-order valence-corrected chi connectivity index (χ4v) is 1.94. The highest BCUT2D eigenvalue weighted by molar-refractivity contribution is 8.00. The SMILES string of the molecule is O=C1CSc2ccccc2CO1. The lowest BCUT2D eigenvalue weighted by Crippen LogP contribution is -2.03. The molecule has 0 spiro atoms. The fourth-order valence-electron chi connectivity index (χ4n) is 1.10. The molecule has 1 heterocycles. The zero-order valence-corrected chi connectivity index (χ0v) is 7.26. The Kier molecular flexibility index (Phi) is 2.04. The molecule has 2 rings (SSSR count). The Hall–Kier alpha value is -0.960. The maximum Gasteiger partial charge on any atom is 0.316 e. The standard InChI is InChI=1S/C9H8O2S/c10-9-6-12-8-4-2-1-3-7(8)5-11-9/h1-4H,5-6H2. The van der Waals surface area contributed by atoms with Crippen molar-refractivity contribution in [2.24, 2.45) is 0 Å². The molecule has 0 bridgehead atoms. The van der Waals surface area contributed by atoms with Crippen LogP contribution in [0.1, 0.15) is 5.56 Å². The lowest BCUT2D eigenvalue weighted by molar-refractivity contribution is -0.141. The van der Waals surface area contributed by atoms with Gasteiger partial charge in [0.2, 0.25) is 0 Å². The van der Waals surface area contributed by atoms with Crippen LogP contribution in [-0.2, 0) is 16.1 Å². The zero-order chi connectivity index (χ0) is 8.39. The van der Waals surface area contributed by atoms with Crippen molar-refractivity contribution in [1.29, 1.82) is 0 Å². The average Bonchev–Trinajstić information content (AvgIpc) is 2.29. The minimum Gasteiger partial charge on any atom is -0.460 e. The van der Waals surface area contributed by atoms with Crippen molar-refractivity contribution in [3.63, 3.8) is 0 Å². The van der Waals surface area contributed by atoms with Crippen molar-refractivity contribution in [3.8, 4) is 0 Å². The molecule has 62 valence electrons. The van der Waals surface area contributed by atoms with Crippen LogP contribution in [0.2, 0.25) is 0 Å². The molecular weight excluding hydrogens is 172 g/mol. The van der Waals surface area contributed by atoms with Crippen LogP contribution in [0.4, 0.5) is 0 Å². The van der Waals surface area contributed by atoms with E-state index < -0.39 is 0 Å². The van der Waals surface area contributed by atoms with Gasteiger partial charge in [0.05, 0.1) is 5.75 Å². The first-order valence-corrected chi connectivity index (χ1v) is 4.71. The van der Waals surface area contributed by atoms with Gasteiger partial charge in [0.25, 0.3) is 0 Å². The van der Waals surface area contributed by atoms with E-state index in [1.807, 2.05) is 24.3 Å². The van der Waals surface area contributed by atoms with Gasteiger partial charge in [-0.15, -0.1) is 11.8 Å². The lowest BCUT2D eigenvalue weighted by Gasteiger charge is -2.00. The van der Waals surface area contributed by atoms with Crippen molar-refractivity contribution in [2.45, 2.75) is 11.5 Å². The molecule has 0 saturated carbocycles. The number of hydrogen-bond donors (Lipinski definition) is 0. The molecular formula is C9H8O2S. The van der Waals surface area contributed by atoms with Gasteiger partial charge in [-0.3, -0.25) is 4.79 Å². The lowest BCUT2D eigenvalue weighted by atomic mass is 10.2.